The predicted molar refractivity (Wildman–Crippen MR) is 104 cm³/mol. The van der Waals surface area contributed by atoms with Crippen molar-refractivity contribution in [2.24, 2.45) is 0 Å². The third kappa shape index (κ3) is 4.80. The second-order valence-corrected chi connectivity index (χ2v) is 6.93. The highest BCUT2D eigenvalue weighted by Gasteiger charge is 2.14. The molecule has 29 heavy (non-hydrogen) atoms. The molecule has 0 aliphatic rings. The molecule has 0 bridgehead atoms. The molecule has 154 valence electrons. The Morgan fingerprint density at radius 3 is 2.62 bits per heavy atom. The van der Waals surface area contributed by atoms with Gasteiger partial charge in [0.1, 0.15) is 17.9 Å². The maximum atomic E-state index is 12.7. The summed E-state index contributed by atoms with van der Waals surface area (Å²) in [6.45, 7) is 0.523. The van der Waals surface area contributed by atoms with Gasteiger partial charge in [-0.15, -0.1) is 0 Å². The maximum Gasteiger partial charge on any atom is 0.357 e. The van der Waals surface area contributed by atoms with Gasteiger partial charge in [0, 0.05) is 30.6 Å². The molecule has 0 spiro atoms. The molecule has 0 unspecified atom stereocenters. The van der Waals surface area contributed by atoms with Gasteiger partial charge in [0.15, 0.2) is 0 Å². The van der Waals surface area contributed by atoms with E-state index in [9.17, 15) is 13.2 Å². The summed E-state index contributed by atoms with van der Waals surface area (Å²) in [4.78, 5) is 20.9. The van der Waals surface area contributed by atoms with Crippen LogP contribution in [0.1, 0.15) is 0 Å². The van der Waals surface area contributed by atoms with E-state index >= 15 is 0 Å². The summed E-state index contributed by atoms with van der Waals surface area (Å²) in [5.41, 5.74) is 0.941. The van der Waals surface area contributed by atoms with Gasteiger partial charge in [-0.05, 0) is 18.2 Å². The number of anilines is 1. The summed E-state index contributed by atoms with van der Waals surface area (Å²) >= 11 is 0. The van der Waals surface area contributed by atoms with Crippen LogP contribution in [0, 0.1) is 0 Å². The minimum atomic E-state index is -4.53. The molecule has 0 aliphatic heterocycles. The number of rotatable bonds is 8. The van der Waals surface area contributed by atoms with E-state index in [1.807, 2.05) is 4.72 Å². The van der Waals surface area contributed by atoms with Crippen molar-refractivity contribution in [2.75, 3.05) is 32.2 Å². The molecule has 0 aromatic carbocycles. The first-order valence-corrected chi connectivity index (χ1v) is 9.69. The monoisotopic (exact) mass is 422 g/mol. The number of hydrogen-bond acceptors (Lipinski definition) is 8. The molecule has 0 aliphatic carbocycles. The van der Waals surface area contributed by atoms with Crippen LogP contribution in [-0.4, -0.2) is 54.8 Å². The van der Waals surface area contributed by atoms with Crippen molar-refractivity contribution >= 4 is 21.6 Å². The summed E-state index contributed by atoms with van der Waals surface area (Å²) in [7, 11) is -1.70. The summed E-state index contributed by atoms with van der Waals surface area (Å²) in [5.74, 6) is 0.0399. The van der Waals surface area contributed by atoms with Crippen LogP contribution in [0.4, 0.5) is 5.69 Å². The van der Waals surface area contributed by atoms with Crippen molar-refractivity contribution in [3.63, 3.8) is 0 Å². The van der Waals surface area contributed by atoms with Crippen molar-refractivity contribution in [2.45, 2.75) is 0 Å². The van der Waals surface area contributed by atoms with Gasteiger partial charge in [-0.25, -0.2) is 9.97 Å². The van der Waals surface area contributed by atoms with Gasteiger partial charge < -0.3 is 14.2 Å². The summed E-state index contributed by atoms with van der Waals surface area (Å²) < 4.78 is 49.9. The number of nitrogens with one attached hydrogen (secondary N) is 1. The molecular weight excluding hydrogens is 404 g/mol. The van der Waals surface area contributed by atoms with Crippen molar-refractivity contribution < 1.29 is 27.2 Å². The van der Waals surface area contributed by atoms with Gasteiger partial charge in [-0.1, -0.05) is 0 Å². The zero-order chi connectivity index (χ0) is 21.0. The molecule has 3 aromatic rings. The molecule has 11 nitrogen and oxygen atoms in total. The van der Waals surface area contributed by atoms with Crippen LogP contribution in [0.5, 0.6) is 11.6 Å². The van der Waals surface area contributed by atoms with Crippen LogP contribution >= 0.6 is 0 Å². The third-order valence-electron chi connectivity index (χ3n) is 3.83. The van der Waals surface area contributed by atoms with Gasteiger partial charge in [0.2, 0.25) is 11.6 Å². The standard InChI is InChI=1S/C17H18N4O7S/c1-26-5-6-28-14-9-18-15-4-3-11(10-21(15)17(14)22)12-7-13(20-29(23,24)25)16(27-2)19-8-12/h3-4,7-10,20H,5-6H2,1-2H3,(H,23,24,25). The second-order valence-electron chi connectivity index (χ2n) is 5.77. The number of nitrogens with zero attached hydrogens (tertiary/aromatic N) is 3. The Bertz CT molecular complexity index is 1190. The Balaban J connectivity index is 2.04. The van der Waals surface area contributed by atoms with Crippen molar-refractivity contribution in [3.8, 4) is 22.8 Å². The highest BCUT2D eigenvalue weighted by molar-refractivity contribution is 7.87. The molecule has 0 radical (unpaired) electrons. The van der Waals surface area contributed by atoms with Crippen LogP contribution in [0.2, 0.25) is 0 Å². The van der Waals surface area contributed by atoms with Gasteiger partial charge >= 0.3 is 10.3 Å². The molecule has 0 saturated carbocycles. The molecule has 12 heteroatoms. The summed E-state index contributed by atoms with van der Waals surface area (Å²) in [5, 5.41) is 0. The topological polar surface area (TPSA) is 141 Å². The van der Waals surface area contributed by atoms with Gasteiger partial charge in [0.05, 0.1) is 19.9 Å². The molecule has 0 atom stereocenters. The Hall–Kier alpha value is -3.22. The largest absolute Gasteiger partial charge is 0.484 e. The highest BCUT2D eigenvalue weighted by Crippen LogP contribution is 2.28. The van der Waals surface area contributed by atoms with E-state index in [2.05, 4.69) is 9.97 Å². The average Bonchev–Trinajstić information content (AvgIpc) is 2.68. The van der Waals surface area contributed by atoms with Crippen LogP contribution in [0.25, 0.3) is 16.8 Å². The van der Waals surface area contributed by atoms with Gasteiger partial charge in [0.25, 0.3) is 5.56 Å². The molecular formula is C17H18N4O7S. The van der Waals surface area contributed by atoms with E-state index in [4.69, 9.17) is 18.8 Å². The normalized spacial score (nSPS) is 11.4. The Morgan fingerprint density at radius 2 is 1.93 bits per heavy atom. The number of fused-ring (bicyclic) bond motifs is 1. The fraction of sp³-hybridized carbons (Fsp3) is 0.235. The lowest BCUT2D eigenvalue weighted by Gasteiger charge is -2.11. The molecule has 0 fully saturated rings. The Labute approximate surface area is 165 Å². The fourth-order valence-electron chi connectivity index (χ4n) is 2.55. The van der Waals surface area contributed by atoms with E-state index in [0.29, 0.717) is 23.4 Å². The zero-order valence-electron chi connectivity index (χ0n) is 15.5. The predicted octanol–water partition coefficient (Wildman–Crippen LogP) is 1.01. The van der Waals surface area contributed by atoms with Crippen molar-refractivity contribution in [1.82, 2.24) is 14.4 Å². The van der Waals surface area contributed by atoms with E-state index in [0.717, 1.165) is 0 Å². The molecule has 0 saturated heterocycles. The maximum absolute atomic E-state index is 12.7. The average molecular weight is 422 g/mol. The number of aromatic nitrogens is 3. The molecule has 3 heterocycles. The lowest BCUT2D eigenvalue weighted by atomic mass is 10.1. The number of ether oxygens (including phenoxy) is 3. The van der Waals surface area contributed by atoms with Crippen molar-refractivity contribution in [3.05, 3.63) is 47.1 Å². The van der Waals surface area contributed by atoms with Gasteiger partial charge in [-0.2, -0.15) is 8.42 Å². The molecule has 3 aromatic heterocycles. The summed E-state index contributed by atoms with van der Waals surface area (Å²) in [6.07, 6.45) is 4.30. The SMILES string of the molecule is COCCOc1cnc2ccc(-c3cnc(OC)c(NS(=O)(=O)O)c3)cn2c1=O. The molecule has 3 rings (SSSR count). The number of methoxy groups -OCH3 is 2. The highest BCUT2D eigenvalue weighted by atomic mass is 32.2. The fourth-order valence-corrected chi connectivity index (χ4v) is 2.97. The van der Waals surface area contributed by atoms with Crippen LogP contribution in [-0.2, 0) is 15.0 Å². The van der Waals surface area contributed by atoms with Crippen LogP contribution in [0.15, 0.2) is 41.6 Å². The van der Waals surface area contributed by atoms with Crippen LogP contribution < -0.4 is 19.8 Å². The first-order chi connectivity index (χ1) is 13.8. The molecule has 0 amide bonds. The second kappa shape index (κ2) is 8.43. The quantitative estimate of drug-likeness (QED) is 0.402. The summed E-state index contributed by atoms with van der Waals surface area (Å²) in [6, 6.07) is 4.72. The van der Waals surface area contributed by atoms with Gasteiger partial charge in [-0.3, -0.25) is 18.5 Å². The van der Waals surface area contributed by atoms with E-state index in [-0.39, 0.29) is 23.9 Å². The molecule has 2 N–H and O–H groups in total. The lowest BCUT2D eigenvalue weighted by Crippen LogP contribution is -2.19. The first kappa shape index (κ1) is 20.5. The number of pyridine rings is 2. The Morgan fingerprint density at radius 1 is 1.14 bits per heavy atom. The van der Waals surface area contributed by atoms with E-state index in [1.54, 1.807) is 12.1 Å². The Kier molecular flexibility index (Phi) is 5.96. The van der Waals surface area contributed by atoms with E-state index in [1.165, 1.54) is 43.3 Å². The van der Waals surface area contributed by atoms with Crippen molar-refractivity contribution in [1.29, 1.82) is 0 Å². The first-order valence-electron chi connectivity index (χ1n) is 8.25. The zero-order valence-corrected chi connectivity index (χ0v) is 16.3. The minimum Gasteiger partial charge on any atom is -0.484 e. The minimum absolute atomic E-state index is 0.0279. The number of hydrogen-bond donors (Lipinski definition) is 2. The smallest absolute Gasteiger partial charge is 0.357 e. The third-order valence-corrected chi connectivity index (χ3v) is 4.31. The van der Waals surface area contributed by atoms with E-state index < -0.39 is 15.9 Å². The lowest BCUT2D eigenvalue weighted by molar-refractivity contribution is 0.145. The van der Waals surface area contributed by atoms with Crippen LogP contribution in [0.3, 0.4) is 0 Å².